The summed E-state index contributed by atoms with van der Waals surface area (Å²) in [6.45, 7) is 6.82. The van der Waals surface area contributed by atoms with Crippen molar-refractivity contribution in [2.45, 2.75) is 65.0 Å². The van der Waals surface area contributed by atoms with Crippen LogP contribution in [0.15, 0.2) is 24.3 Å². The molecule has 108 valence electrons. The molecule has 0 aliphatic rings. The smallest absolute Gasteiger partial charge is 0.118 e. The first kappa shape index (κ1) is 16.0. The third-order valence-corrected chi connectivity index (χ3v) is 3.58. The summed E-state index contributed by atoms with van der Waals surface area (Å²) in [5, 5.41) is 3.68. The van der Waals surface area contributed by atoms with Crippen molar-refractivity contribution in [3.8, 4) is 5.75 Å². The van der Waals surface area contributed by atoms with Crippen LogP contribution in [-0.4, -0.2) is 19.2 Å². The van der Waals surface area contributed by atoms with E-state index in [1.807, 2.05) is 12.1 Å². The lowest BCUT2D eigenvalue weighted by atomic mass is 10.0. The summed E-state index contributed by atoms with van der Waals surface area (Å²) in [6.07, 6.45) is 6.19. The van der Waals surface area contributed by atoms with Gasteiger partial charge in [0.25, 0.3) is 0 Å². The van der Waals surface area contributed by atoms with Crippen LogP contribution in [0.25, 0.3) is 0 Å². The molecule has 1 N–H and O–H groups in total. The first-order chi connectivity index (χ1) is 9.15. The highest BCUT2D eigenvalue weighted by Gasteiger charge is 2.07. The first-order valence-electron chi connectivity index (χ1n) is 7.54. The van der Waals surface area contributed by atoms with Gasteiger partial charge < -0.3 is 10.1 Å². The van der Waals surface area contributed by atoms with Gasteiger partial charge in [-0.2, -0.15) is 0 Å². The van der Waals surface area contributed by atoms with Gasteiger partial charge in [0.15, 0.2) is 0 Å². The average molecular weight is 263 g/mol. The topological polar surface area (TPSA) is 21.3 Å². The molecule has 0 amide bonds. The summed E-state index contributed by atoms with van der Waals surface area (Å²) in [5.74, 6) is 0.933. The van der Waals surface area contributed by atoms with E-state index in [2.05, 4.69) is 38.2 Å². The van der Waals surface area contributed by atoms with Crippen molar-refractivity contribution in [1.29, 1.82) is 0 Å². The number of nitrogens with one attached hydrogen (secondary N) is 1. The van der Waals surface area contributed by atoms with Crippen LogP contribution in [0.2, 0.25) is 0 Å². The monoisotopic (exact) mass is 263 g/mol. The largest absolute Gasteiger partial charge is 0.497 e. The normalized spacial score (nSPS) is 14.1. The fraction of sp³-hybridized carbons (Fsp3) is 0.647. The maximum absolute atomic E-state index is 5.17. The summed E-state index contributed by atoms with van der Waals surface area (Å²) < 4.78 is 5.17. The molecule has 2 atom stereocenters. The number of ether oxygens (including phenoxy) is 1. The van der Waals surface area contributed by atoms with Gasteiger partial charge in [0.2, 0.25) is 0 Å². The lowest BCUT2D eigenvalue weighted by Crippen LogP contribution is -2.34. The number of hydrogen-bond donors (Lipinski definition) is 1. The van der Waals surface area contributed by atoms with Crippen LogP contribution in [0.3, 0.4) is 0 Å². The maximum atomic E-state index is 5.17. The van der Waals surface area contributed by atoms with Gasteiger partial charge >= 0.3 is 0 Å². The van der Waals surface area contributed by atoms with Crippen LogP contribution in [0.1, 0.15) is 52.0 Å². The zero-order valence-electron chi connectivity index (χ0n) is 12.9. The molecule has 0 saturated heterocycles. The van der Waals surface area contributed by atoms with Gasteiger partial charge in [-0.15, -0.1) is 0 Å². The van der Waals surface area contributed by atoms with E-state index >= 15 is 0 Å². The highest BCUT2D eigenvalue weighted by Crippen LogP contribution is 2.13. The second kappa shape index (κ2) is 8.98. The van der Waals surface area contributed by atoms with Crippen molar-refractivity contribution in [2.24, 2.45) is 0 Å². The summed E-state index contributed by atoms with van der Waals surface area (Å²) in [6, 6.07) is 9.60. The third kappa shape index (κ3) is 6.63. The van der Waals surface area contributed by atoms with Crippen molar-refractivity contribution in [1.82, 2.24) is 5.32 Å². The fourth-order valence-electron chi connectivity index (χ4n) is 2.34. The van der Waals surface area contributed by atoms with Crippen LogP contribution >= 0.6 is 0 Å². The van der Waals surface area contributed by atoms with Crippen molar-refractivity contribution in [2.75, 3.05) is 7.11 Å². The van der Waals surface area contributed by atoms with E-state index < -0.39 is 0 Å². The van der Waals surface area contributed by atoms with Gasteiger partial charge in [0.05, 0.1) is 7.11 Å². The highest BCUT2D eigenvalue weighted by atomic mass is 16.5. The minimum Gasteiger partial charge on any atom is -0.497 e. The second-order valence-electron chi connectivity index (χ2n) is 5.50. The van der Waals surface area contributed by atoms with Gasteiger partial charge in [-0.3, -0.25) is 0 Å². The lowest BCUT2D eigenvalue weighted by Gasteiger charge is -2.20. The Bertz CT molecular complexity index is 334. The molecule has 1 aromatic rings. The molecular weight excluding hydrogens is 234 g/mol. The average Bonchev–Trinajstić information content (AvgIpc) is 2.43. The Balaban J connectivity index is 2.26. The van der Waals surface area contributed by atoms with E-state index in [1.54, 1.807) is 7.11 Å². The molecule has 0 aromatic heterocycles. The fourth-order valence-corrected chi connectivity index (χ4v) is 2.34. The summed E-state index contributed by atoms with van der Waals surface area (Å²) in [5.41, 5.74) is 1.38. The highest BCUT2D eigenvalue weighted by molar-refractivity contribution is 5.27. The third-order valence-electron chi connectivity index (χ3n) is 3.58. The van der Waals surface area contributed by atoms with Crippen LogP contribution in [-0.2, 0) is 6.42 Å². The number of rotatable bonds is 9. The van der Waals surface area contributed by atoms with E-state index in [4.69, 9.17) is 4.74 Å². The molecule has 19 heavy (non-hydrogen) atoms. The van der Waals surface area contributed by atoms with Gasteiger partial charge in [-0.05, 0) is 50.8 Å². The predicted molar refractivity (Wildman–Crippen MR) is 82.9 cm³/mol. The lowest BCUT2D eigenvalue weighted by molar-refractivity contribution is 0.413. The van der Waals surface area contributed by atoms with E-state index in [9.17, 15) is 0 Å². The molecule has 0 heterocycles. The molecule has 0 aliphatic heterocycles. The van der Waals surface area contributed by atoms with Crippen molar-refractivity contribution in [3.63, 3.8) is 0 Å². The van der Waals surface area contributed by atoms with Crippen molar-refractivity contribution >= 4 is 0 Å². The molecule has 0 spiro atoms. The molecule has 0 saturated carbocycles. The van der Waals surface area contributed by atoms with Crippen LogP contribution in [0.5, 0.6) is 5.75 Å². The zero-order chi connectivity index (χ0) is 14.1. The number of aryl methyl sites for hydroxylation is 1. The number of benzene rings is 1. The quantitative estimate of drug-likeness (QED) is 0.721. The minimum absolute atomic E-state index is 0.578. The van der Waals surface area contributed by atoms with Crippen LogP contribution < -0.4 is 10.1 Å². The molecule has 2 heteroatoms. The molecule has 0 aliphatic carbocycles. The van der Waals surface area contributed by atoms with Crippen molar-refractivity contribution in [3.05, 3.63) is 29.8 Å². The predicted octanol–water partition coefficient (Wildman–Crippen LogP) is 4.18. The second-order valence-corrected chi connectivity index (χ2v) is 5.50. The van der Waals surface area contributed by atoms with E-state index in [-0.39, 0.29) is 0 Å². The van der Waals surface area contributed by atoms with Gasteiger partial charge in [-0.1, -0.05) is 31.9 Å². The molecule has 2 unspecified atom stereocenters. The first-order valence-corrected chi connectivity index (χ1v) is 7.54. The molecular formula is C17H29NO. The van der Waals surface area contributed by atoms with E-state index in [1.165, 1.54) is 31.2 Å². The Morgan fingerprint density at radius 3 is 2.26 bits per heavy atom. The molecule has 1 rings (SSSR count). The molecule has 0 fully saturated rings. The standard InChI is InChI=1S/C17H29NO/c1-5-6-7-14(2)18-15(3)8-9-16-10-12-17(19-4)13-11-16/h10-15,18H,5-9H2,1-4H3. The van der Waals surface area contributed by atoms with E-state index in [0.717, 1.165) is 12.2 Å². The van der Waals surface area contributed by atoms with Gasteiger partial charge in [-0.25, -0.2) is 0 Å². The number of methoxy groups -OCH3 is 1. The molecule has 1 aromatic carbocycles. The number of unbranched alkanes of at least 4 members (excludes halogenated alkanes) is 1. The Morgan fingerprint density at radius 1 is 1.05 bits per heavy atom. The summed E-state index contributed by atoms with van der Waals surface area (Å²) >= 11 is 0. The minimum atomic E-state index is 0.578. The Labute approximate surface area is 118 Å². The van der Waals surface area contributed by atoms with E-state index in [0.29, 0.717) is 12.1 Å². The van der Waals surface area contributed by atoms with Gasteiger partial charge in [0.1, 0.15) is 5.75 Å². The van der Waals surface area contributed by atoms with Crippen LogP contribution in [0, 0.1) is 0 Å². The van der Waals surface area contributed by atoms with Gasteiger partial charge in [0, 0.05) is 12.1 Å². The SMILES string of the molecule is CCCCC(C)NC(C)CCc1ccc(OC)cc1. The molecule has 2 nitrogen and oxygen atoms in total. The number of hydrogen-bond acceptors (Lipinski definition) is 2. The molecule has 0 bridgehead atoms. The van der Waals surface area contributed by atoms with Crippen molar-refractivity contribution < 1.29 is 4.74 Å². The van der Waals surface area contributed by atoms with Crippen LogP contribution in [0.4, 0.5) is 0 Å². The summed E-state index contributed by atoms with van der Waals surface area (Å²) in [7, 11) is 1.71. The Morgan fingerprint density at radius 2 is 1.68 bits per heavy atom. The molecule has 0 radical (unpaired) electrons. The Kier molecular flexibility index (Phi) is 7.57. The maximum Gasteiger partial charge on any atom is 0.118 e. The summed E-state index contributed by atoms with van der Waals surface area (Å²) in [4.78, 5) is 0. The Hall–Kier alpha value is -1.02. The zero-order valence-corrected chi connectivity index (χ0v) is 12.9.